The SMILES string of the molecule is Cc1cc(Cl)ccc1NC(=O)CSCC(NC=O)C(=O)O. The van der Waals surface area contributed by atoms with Crippen molar-refractivity contribution in [1.82, 2.24) is 5.32 Å². The minimum absolute atomic E-state index is 0.0897. The Labute approximate surface area is 131 Å². The Morgan fingerprint density at radius 1 is 1.48 bits per heavy atom. The second kappa shape index (κ2) is 8.53. The summed E-state index contributed by atoms with van der Waals surface area (Å²) < 4.78 is 0. The van der Waals surface area contributed by atoms with Gasteiger partial charge in [0.1, 0.15) is 6.04 Å². The molecule has 1 aromatic carbocycles. The van der Waals surface area contributed by atoms with E-state index >= 15 is 0 Å². The third-order valence-corrected chi connectivity index (χ3v) is 3.82. The van der Waals surface area contributed by atoms with Gasteiger partial charge in [0.2, 0.25) is 12.3 Å². The molecule has 1 aromatic rings. The molecule has 1 rings (SSSR count). The maximum atomic E-state index is 11.8. The van der Waals surface area contributed by atoms with Crippen molar-refractivity contribution in [2.45, 2.75) is 13.0 Å². The number of carbonyl (C=O) groups is 3. The van der Waals surface area contributed by atoms with Crippen molar-refractivity contribution < 1.29 is 19.5 Å². The summed E-state index contributed by atoms with van der Waals surface area (Å²) >= 11 is 6.95. The highest BCUT2D eigenvalue weighted by Crippen LogP contribution is 2.19. The molecule has 0 saturated carbocycles. The van der Waals surface area contributed by atoms with Crippen LogP contribution in [0, 0.1) is 6.92 Å². The lowest BCUT2D eigenvalue weighted by molar-refractivity contribution is -0.139. The van der Waals surface area contributed by atoms with E-state index in [9.17, 15) is 14.4 Å². The second-order valence-electron chi connectivity index (χ2n) is 4.20. The van der Waals surface area contributed by atoms with Gasteiger partial charge in [-0.05, 0) is 30.7 Å². The van der Waals surface area contributed by atoms with E-state index in [1.54, 1.807) is 18.2 Å². The van der Waals surface area contributed by atoms with Crippen molar-refractivity contribution in [3.8, 4) is 0 Å². The van der Waals surface area contributed by atoms with Crippen LogP contribution >= 0.6 is 23.4 Å². The molecule has 0 radical (unpaired) electrons. The van der Waals surface area contributed by atoms with E-state index in [2.05, 4.69) is 10.6 Å². The van der Waals surface area contributed by atoms with Crippen molar-refractivity contribution in [2.24, 2.45) is 0 Å². The first-order valence-electron chi connectivity index (χ1n) is 6.00. The number of aliphatic carboxylic acids is 1. The quantitative estimate of drug-likeness (QED) is 0.628. The van der Waals surface area contributed by atoms with Crippen LogP contribution in [0.25, 0.3) is 0 Å². The lowest BCUT2D eigenvalue weighted by atomic mass is 10.2. The third-order valence-electron chi connectivity index (χ3n) is 2.55. The molecule has 2 amide bonds. The predicted octanol–water partition coefficient (Wildman–Crippen LogP) is 1.52. The highest BCUT2D eigenvalue weighted by Gasteiger charge is 2.16. The zero-order valence-corrected chi connectivity index (χ0v) is 12.8. The number of anilines is 1. The van der Waals surface area contributed by atoms with Gasteiger partial charge in [-0.3, -0.25) is 9.59 Å². The number of hydrogen-bond acceptors (Lipinski definition) is 4. The number of nitrogens with one attached hydrogen (secondary N) is 2. The molecule has 0 aliphatic carbocycles. The molecule has 0 bridgehead atoms. The number of halogens is 1. The van der Waals surface area contributed by atoms with Crippen molar-refractivity contribution in [2.75, 3.05) is 16.8 Å². The summed E-state index contributed by atoms with van der Waals surface area (Å²) in [6.45, 7) is 1.82. The molecule has 3 N–H and O–H groups in total. The first kappa shape index (κ1) is 17.3. The number of amides is 2. The van der Waals surface area contributed by atoms with Gasteiger partial charge in [0, 0.05) is 16.5 Å². The van der Waals surface area contributed by atoms with Crippen LogP contribution in [0.2, 0.25) is 5.02 Å². The fourth-order valence-corrected chi connectivity index (χ4v) is 2.57. The van der Waals surface area contributed by atoms with Crippen LogP contribution in [0.3, 0.4) is 0 Å². The summed E-state index contributed by atoms with van der Waals surface area (Å²) in [6.07, 6.45) is 0.330. The molecule has 0 aliphatic heterocycles. The summed E-state index contributed by atoms with van der Waals surface area (Å²) in [7, 11) is 0. The molecule has 0 aliphatic rings. The zero-order valence-electron chi connectivity index (χ0n) is 11.3. The number of rotatable bonds is 8. The average molecular weight is 331 g/mol. The molecule has 0 saturated heterocycles. The number of carboxylic acids is 1. The summed E-state index contributed by atoms with van der Waals surface area (Å²) in [4.78, 5) is 32.8. The fraction of sp³-hybridized carbons (Fsp3) is 0.308. The van der Waals surface area contributed by atoms with Crippen LogP contribution in [-0.4, -0.2) is 40.9 Å². The van der Waals surface area contributed by atoms with E-state index in [1.807, 2.05) is 6.92 Å². The smallest absolute Gasteiger partial charge is 0.327 e. The molecule has 6 nitrogen and oxygen atoms in total. The highest BCUT2D eigenvalue weighted by molar-refractivity contribution is 8.00. The van der Waals surface area contributed by atoms with Crippen LogP contribution < -0.4 is 10.6 Å². The Morgan fingerprint density at radius 2 is 2.19 bits per heavy atom. The van der Waals surface area contributed by atoms with Crippen LogP contribution in [0.5, 0.6) is 0 Å². The number of aryl methyl sites for hydroxylation is 1. The minimum atomic E-state index is -1.14. The summed E-state index contributed by atoms with van der Waals surface area (Å²) in [5, 5.41) is 14.3. The van der Waals surface area contributed by atoms with Crippen LogP contribution in [0.15, 0.2) is 18.2 Å². The van der Waals surface area contributed by atoms with Gasteiger partial charge in [0.25, 0.3) is 0 Å². The third kappa shape index (κ3) is 6.05. The molecule has 8 heteroatoms. The lowest BCUT2D eigenvalue weighted by Crippen LogP contribution is -2.38. The molecular weight excluding hydrogens is 316 g/mol. The van der Waals surface area contributed by atoms with E-state index in [0.717, 1.165) is 17.3 Å². The second-order valence-corrected chi connectivity index (χ2v) is 5.66. The Morgan fingerprint density at radius 3 is 2.76 bits per heavy atom. The summed E-state index contributed by atoms with van der Waals surface area (Å²) in [5.74, 6) is -1.18. The first-order valence-corrected chi connectivity index (χ1v) is 7.53. The molecule has 1 atom stereocenters. The molecule has 1 unspecified atom stereocenters. The zero-order chi connectivity index (χ0) is 15.8. The molecule has 0 heterocycles. The number of benzene rings is 1. The van der Waals surface area contributed by atoms with Gasteiger partial charge in [-0.25, -0.2) is 4.79 Å². The largest absolute Gasteiger partial charge is 0.480 e. The van der Waals surface area contributed by atoms with Crippen LogP contribution in [0.1, 0.15) is 5.56 Å². The Hall–Kier alpha value is -1.73. The number of carbonyl (C=O) groups excluding carboxylic acids is 2. The molecule has 0 fully saturated rings. The van der Waals surface area contributed by atoms with Gasteiger partial charge in [-0.1, -0.05) is 11.6 Å². The standard InChI is InChI=1S/C13H15ClN2O4S/c1-8-4-9(14)2-3-10(8)16-12(18)6-21-5-11(13(19)20)15-7-17/h2-4,7,11H,5-6H2,1H3,(H,15,17)(H,16,18)(H,19,20). The average Bonchev–Trinajstić information content (AvgIpc) is 2.41. The molecule has 21 heavy (non-hydrogen) atoms. The maximum Gasteiger partial charge on any atom is 0.327 e. The maximum absolute atomic E-state index is 11.8. The topological polar surface area (TPSA) is 95.5 Å². The van der Waals surface area contributed by atoms with Gasteiger partial charge >= 0.3 is 5.97 Å². The number of thioether (sulfide) groups is 1. The van der Waals surface area contributed by atoms with Gasteiger partial charge < -0.3 is 15.7 Å². The van der Waals surface area contributed by atoms with Crippen molar-refractivity contribution in [3.05, 3.63) is 28.8 Å². The van der Waals surface area contributed by atoms with Gasteiger partial charge in [0.15, 0.2) is 0 Å². The van der Waals surface area contributed by atoms with Crippen molar-refractivity contribution >= 4 is 47.3 Å². The number of carboxylic acid groups (broad SMARTS) is 1. The van der Waals surface area contributed by atoms with Gasteiger partial charge in [0.05, 0.1) is 5.75 Å². The monoisotopic (exact) mass is 330 g/mol. The van der Waals surface area contributed by atoms with Crippen molar-refractivity contribution in [1.29, 1.82) is 0 Å². The predicted molar refractivity (Wildman–Crippen MR) is 82.8 cm³/mol. The molecule has 114 valence electrons. The van der Waals surface area contributed by atoms with Gasteiger partial charge in [-0.15, -0.1) is 11.8 Å². The highest BCUT2D eigenvalue weighted by atomic mass is 35.5. The van der Waals surface area contributed by atoms with E-state index in [4.69, 9.17) is 16.7 Å². The molecular formula is C13H15ClN2O4S. The van der Waals surface area contributed by atoms with E-state index < -0.39 is 12.0 Å². The van der Waals surface area contributed by atoms with E-state index in [-0.39, 0.29) is 17.4 Å². The molecule has 0 spiro atoms. The normalized spacial score (nSPS) is 11.5. The van der Waals surface area contributed by atoms with Crippen molar-refractivity contribution in [3.63, 3.8) is 0 Å². The number of hydrogen-bond donors (Lipinski definition) is 3. The van der Waals surface area contributed by atoms with Crippen LogP contribution in [0.4, 0.5) is 5.69 Å². The Balaban J connectivity index is 2.43. The fourth-order valence-electron chi connectivity index (χ4n) is 1.50. The Kier molecular flexibility index (Phi) is 7.04. The summed E-state index contributed by atoms with van der Waals surface area (Å²) in [6, 6.07) is 4.11. The summed E-state index contributed by atoms with van der Waals surface area (Å²) in [5.41, 5.74) is 1.50. The lowest BCUT2D eigenvalue weighted by Gasteiger charge is -2.11. The Bertz CT molecular complexity index is 539. The van der Waals surface area contributed by atoms with E-state index in [0.29, 0.717) is 17.1 Å². The van der Waals surface area contributed by atoms with Gasteiger partial charge in [-0.2, -0.15) is 0 Å². The van der Waals surface area contributed by atoms with E-state index in [1.165, 1.54) is 0 Å². The van der Waals surface area contributed by atoms with Crippen LogP contribution in [-0.2, 0) is 14.4 Å². The molecule has 0 aromatic heterocycles. The first-order chi connectivity index (χ1) is 9.93. The minimum Gasteiger partial charge on any atom is -0.480 e.